The summed E-state index contributed by atoms with van der Waals surface area (Å²) in [5.41, 5.74) is 1.61. The van der Waals surface area contributed by atoms with Crippen LogP contribution in [0, 0.1) is 0 Å². The first-order valence-corrected chi connectivity index (χ1v) is 9.06. The van der Waals surface area contributed by atoms with Crippen LogP contribution in [-0.2, 0) is 11.2 Å². The molecule has 0 bridgehead atoms. The lowest BCUT2D eigenvalue weighted by atomic mass is 10.1. The average Bonchev–Trinajstić information content (AvgIpc) is 2.73. The molecule has 144 valence electrons. The lowest BCUT2D eigenvalue weighted by molar-refractivity contribution is -0.115. The predicted octanol–water partition coefficient (Wildman–Crippen LogP) is 4.33. The Morgan fingerprint density at radius 3 is 2.18 bits per heavy atom. The van der Waals surface area contributed by atoms with E-state index in [-0.39, 0.29) is 5.91 Å². The van der Waals surface area contributed by atoms with Crippen molar-refractivity contribution in [3.05, 3.63) is 84.4 Å². The second kappa shape index (κ2) is 10.0. The molecule has 0 atom stereocenters. The Hall–Kier alpha value is -3.47. The fourth-order valence-electron chi connectivity index (χ4n) is 2.63. The second-order valence-electron chi connectivity index (χ2n) is 6.11. The van der Waals surface area contributed by atoms with E-state index >= 15 is 0 Å². The zero-order valence-electron chi connectivity index (χ0n) is 15.8. The van der Waals surface area contributed by atoms with Crippen LogP contribution in [0.15, 0.2) is 78.9 Å². The summed E-state index contributed by atoms with van der Waals surface area (Å²) in [5, 5.41) is 2.89. The van der Waals surface area contributed by atoms with Gasteiger partial charge in [0.15, 0.2) is 0 Å². The van der Waals surface area contributed by atoms with E-state index in [1.807, 2.05) is 72.8 Å². The van der Waals surface area contributed by atoms with Crippen LogP contribution in [0.5, 0.6) is 17.2 Å². The van der Waals surface area contributed by atoms with Gasteiger partial charge in [0.1, 0.15) is 30.5 Å². The quantitative estimate of drug-likeness (QED) is 0.564. The normalized spacial score (nSPS) is 10.2. The van der Waals surface area contributed by atoms with E-state index in [0.29, 0.717) is 31.1 Å². The Kier molecular flexibility index (Phi) is 6.90. The van der Waals surface area contributed by atoms with E-state index < -0.39 is 0 Å². The number of ether oxygens (including phenoxy) is 3. The van der Waals surface area contributed by atoms with Crippen molar-refractivity contribution in [3.8, 4) is 17.2 Å². The fourth-order valence-corrected chi connectivity index (χ4v) is 2.63. The number of para-hydroxylation sites is 1. The minimum Gasteiger partial charge on any atom is -0.497 e. The number of carbonyl (C=O) groups is 1. The molecular weight excluding hydrogens is 354 g/mol. The Balaban J connectivity index is 1.46. The molecule has 5 nitrogen and oxygen atoms in total. The van der Waals surface area contributed by atoms with E-state index in [1.165, 1.54) is 0 Å². The number of anilines is 1. The molecule has 0 fully saturated rings. The summed E-state index contributed by atoms with van der Waals surface area (Å²) in [6, 6.07) is 24.4. The summed E-state index contributed by atoms with van der Waals surface area (Å²) in [4.78, 5) is 12.3. The Labute approximate surface area is 164 Å². The van der Waals surface area contributed by atoms with Crippen LogP contribution in [0.2, 0.25) is 0 Å². The van der Waals surface area contributed by atoms with Gasteiger partial charge in [0.2, 0.25) is 5.91 Å². The molecule has 0 aliphatic heterocycles. The van der Waals surface area contributed by atoms with Crippen molar-refractivity contribution >= 4 is 11.6 Å². The second-order valence-corrected chi connectivity index (χ2v) is 6.11. The molecule has 0 aromatic heterocycles. The van der Waals surface area contributed by atoms with Gasteiger partial charge in [0.25, 0.3) is 0 Å². The van der Waals surface area contributed by atoms with Crippen molar-refractivity contribution in [1.29, 1.82) is 0 Å². The monoisotopic (exact) mass is 377 g/mol. The van der Waals surface area contributed by atoms with Crippen LogP contribution in [0.3, 0.4) is 0 Å². The van der Waals surface area contributed by atoms with Crippen LogP contribution < -0.4 is 19.5 Å². The molecule has 5 heteroatoms. The third kappa shape index (κ3) is 6.06. The van der Waals surface area contributed by atoms with Gasteiger partial charge in [-0.1, -0.05) is 36.4 Å². The highest BCUT2D eigenvalue weighted by atomic mass is 16.5. The maximum atomic E-state index is 12.3. The van der Waals surface area contributed by atoms with Gasteiger partial charge in [0, 0.05) is 11.8 Å². The number of hydrogen-bond donors (Lipinski definition) is 1. The highest BCUT2D eigenvalue weighted by molar-refractivity contribution is 5.92. The standard InChI is InChI=1S/C23H23NO4/c1-26-20-12-10-18(11-13-20)16-23(25)24-19-6-5-9-22(17-19)28-15-14-27-21-7-3-2-4-8-21/h2-13,17H,14-16H2,1H3,(H,24,25). The molecule has 0 unspecified atom stereocenters. The molecule has 28 heavy (non-hydrogen) atoms. The Bertz CT molecular complexity index is 879. The van der Waals surface area contributed by atoms with Gasteiger partial charge in [-0.05, 0) is 42.0 Å². The summed E-state index contributed by atoms with van der Waals surface area (Å²) in [6.45, 7) is 0.857. The number of carbonyl (C=O) groups excluding carboxylic acids is 1. The van der Waals surface area contributed by atoms with Crippen LogP contribution >= 0.6 is 0 Å². The first-order valence-electron chi connectivity index (χ1n) is 9.06. The smallest absolute Gasteiger partial charge is 0.228 e. The summed E-state index contributed by atoms with van der Waals surface area (Å²) in [7, 11) is 1.62. The highest BCUT2D eigenvalue weighted by Gasteiger charge is 2.06. The molecule has 0 spiro atoms. The molecule has 3 aromatic carbocycles. The number of benzene rings is 3. The van der Waals surface area contributed by atoms with Crippen LogP contribution in [0.4, 0.5) is 5.69 Å². The molecule has 0 saturated heterocycles. The summed E-state index contributed by atoms with van der Waals surface area (Å²) >= 11 is 0. The molecule has 0 aliphatic rings. The largest absolute Gasteiger partial charge is 0.497 e. The average molecular weight is 377 g/mol. The van der Waals surface area contributed by atoms with E-state index in [2.05, 4.69) is 5.32 Å². The lowest BCUT2D eigenvalue weighted by Crippen LogP contribution is -2.14. The van der Waals surface area contributed by atoms with Crippen LogP contribution in [-0.4, -0.2) is 26.2 Å². The van der Waals surface area contributed by atoms with Crippen molar-refractivity contribution < 1.29 is 19.0 Å². The van der Waals surface area contributed by atoms with Crippen molar-refractivity contribution in [2.24, 2.45) is 0 Å². The minimum absolute atomic E-state index is 0.0882. The maximum Gasteiger partial charge on any atom is 0.228 e. The molecule has 0 saturated carbocycles. The number of amides is 1. The van der Waals surface area contributed by atoms with Crippen LogP contribution in [0.25, 0.3) is 0 Å². The molecule has 3 rings (SSSR count). The van der Waals surface area contributed by atoms with Crippen molar-refractivity contribution in [1.82, 2.24) is 0 Å². The molecule has 1 N–H and O–H groups in total. The van der Waals surface area contributed by atoms with Gasteiger partial charge in [-0.2, -0.15) is 0 Å². The topological polar surface area (TPSA) is 56.8 Å². The highest BCUT2D eigenvalue weighted by Crippen LogP contribution is 2.18. The fraction of sp³-hybridized carbons (Fsp3) is 0.174. The Morgan fingerprint density at radius 1 is 0.786 bits per heavy atom. The van der Waals surface area contributed by atoms with E-state index in [9.17, 15) is 4.79 Å². The number of methoxy groups -OCH3 is 1. The van der Waals surface area contributed by atoms with Gasteiger partial charge in [-0.3, -0.25) is 4.79 Å². The molecule has 0 radical (unpaired) electrons. The zero-order valence-corrected chi connectivity index (χ0v) is 15.8. The van der Waals surface area contributed by atoms with E-state index in [0.717, 1.165) is 17.1 Å². The maximum absolute atomic E-state index is 12.3. The Morgan fingerprint density at radius 2 is 1.46 bits per heavy atom. The van der Waals surface area contributed by atoms with Gasteiger partial charge in [0.05, 0.1) is 13.5 Å². The first-order chi connectivity index (χ1) is 13.7. The van der Waals surface area contributed by atoms with Gasteiger partial charge in [-0.15, -0.1) is 0 Å². The number of rotatable bonds is 9. The van der Waals surface area contributed by atoms with Gasteiger partial charge < -0.3 is 19.5 Å². The lowest BCUT2D eigenvalue weighted by Gasteiger charge is -2.10. The first kappa shape index (κ1) is 19.3. The summed E-state index contributed by atoms with van der Waals surface area (Å²) in [6.07, 6.45) is 0.292. The molecular formula is C23H23NO4. The SMILES string of the molecule is COc1ccc(CC(=O)Nc2cccc(OCCOc3ccccc3)c2)cc1. The van der Waals surface area contributed by atoms with E-state index in [4.69, 9.17) is 14.2 Å². The number of hydrogen-bond acceptors (Lipinski definition) is 4. The van der Waals surface area contributed by atoms with Gasteiger partial charge >= 0.3 is 0 Å². The predicted molar refractivity (Wildman–Crippen MR) is 109 cm³/mol. The van der Waals surface area contributed by atoms with Crippen molar-refractivity contribution in [3.63, 3.8) is 0 Å². The molecule has 3 aromatic rings. The summed E-state index contributed by atoms with van der Waals surface area (Å²) < 4.78 is 16.4. The molecule has 0 heterocycles. The third-order valence-corrected chi connectivity index (χ3v) is 4.01. The molecule has 0 aliphatic carbocycles. The van der Waals surface area contributed by atoms with Crippen molar-refractivity contribution in [2.75, 3.05) is 25.6 Å². The van der Waals surface area contributed by atoms with Crippen molar-refractivity contribution in [2.45, 2.75) is 6.42 Å². The van der Waals surface area contributed by atoms with Crippen LogP contribution in [0.1, 0.15) is 5.56 Å². The van der Waals surface area contributed by atoms with E-state index in [1.54, 1.807) is 13.2 Å². The summed E-state index contributed by atoms with van der Waals surface area (Å²) in [5.74, 6) is 2.17. The third-order valence-electron chi connectivity index (χ3n) is 4.01. The minimum atomic E-state index is -0.0882. The zero-order chi connectivity index (χ0) is 19.6. The molecule has 1 amide bonds. The number of nitrogens with one attached hydrogen (secondary N) is 1. The van der Waals surface area contributed by atoms with Gasteiger partial charge in [-0.25, -0.2) is 0 Å².